The van der Waals surface area contributed by atoms with Crippen molar-refractivity contribution in [2.75, 3.05) is 46.2 Å². The van der Waals surface area contributed by atoms with Crippen molar-refractivity contribution in [3.63, 3.8) is 0 Å². The summed E-state index contributed by atoms with van der Waals surface area (Å²) in [5.41, 5.74) is 13.6. The Morgan fingerprint density at radius 2 is 0.602 bits per heavy atom. The van der Waals surface area contributed by atoms with Gasteiger partial charge in [0, 0.05) is 86.2 Å². The number of halogens is 1. The van der Waals surface area contributed by atoms with Gasteiger partial charge in [-0.05, 0) is 175 Å². The first-order valence-corrected chi connectivity index (χ1v) is 59.4. The normalized spacial score (nSPS) is 16.4. The molecule has 3 aliphatic carbocycles. The van der Waals surface area contributed by atoms with Gasteiger partial charge in [-0.1, -0.05) is 352 Å². The molecule has 0 unspecified atom stereocenters. The van der Waals surface area contributed by atoms with E-state index >= 15 is 0 Å². The van der Waals surface area contributed by atoms with Crippen molar-refractivity contribution in [1.82, 2.24) is 19.6 Å². The second-order valence-corrected chi connectivity index (χ2v) is 63.5. The highest BCUT2D eigenvalue weighted by molar-refractivity contribution is 6.79. The Morgan fingerprint density at radius 1 is 0.375 bits per heavy atom. The van der Waals surface area contributed by atoms with Gasteiger partial charge in [0.15, 0.2) is 25.0 Å². The van der Waals surface area contributed by atoms with Crippen LogP contribution in [0.4, 0.5) is 4.39 Å². The van der Waals surface area contributed by atoms with E-state index in [1.54, 1.807) is 6.92 Å². The number of Topliss-reactive ketones (excluding diaryl/α,β-unsaturated/α-hetero) is 2. The van der Waals surface area contributed by atoms with Crippen LogP contribution >= 0.6 is 0 Å². The highest BCUT2D eigenvalue weighted by atomic mass is 28.4. The van der Waals surface area contributed by atoms with E-state index in [0.29, 0.717) is 55.6 Å². The number of hydrogen-bond donors (Lipinski definition) is 4. The van der Waals surface area contributed by atoms with E-state index in [0.717, 1.165) is 83.1 Å². The first-order valence-electron chi connectivity index (χ1n) is 47.1. The molecule has 1 saturated heterocycles. The van der Waals surface area contributed by atoms with E-state index in [1.807, 2.05) is 102 Å². The Labute approximate surface area is 779 Å². The van der Waals surface area contributed by atoms with Crippen molar-refractivity contribution in [3.05, 3.63) is 287 Å². The third kappa shape index (κ3) is 38.2. The van der Waals surface area contributed by atoms with Gasteiger partial charge in [0.05, 0.1) is 55.8 Å². The number of nitrogens with zero attached hydrogens (tertiary/aromatic N) is 4. The van der Waals surface area contributed by atoms with E-state index in [2.05, 4.69) is 309 Å². The molecule has 5 N–H and O–H groups in total. The summed E-state index contributed by atoms with van der Waals surface area (Å²) in [6, 6.07) is 83.3. The van der Waals surface area contributed by atoms with Gasteiger partial charge in [0.1, 0.15) is 17.7 Å². The van der Waals surface area contributed by atoms with E-state index in [-0.39, 0.29) is 51.9 Å². The van der Waals surface area contributed by atoms with Gasteiger partial charge in [-0.3, -0.25) is 29.2 Å². The maximum atomic E-state index is 12.6. The second-order valence-electron chi connectivity index (χ2n) is 43.1. The summed E-state index contributed by atoms with van der Waals surface area (Å²) in [5.74, 6) is 0.148. The van der Waals surface area contributed by atoms with E-state index in [9.17, 15) is 24.2 Å². The smallest absolute Gasteiger partial charge is 0.192 e. The first-order chi connectivity index (χ1) is 60.0. The number of aliphatic hydroxyl groups excluding tert-OH is 1. The summed E-state index contributed by atoms with van der Waals surface area (Å²) in [5, 5.41) is 30.8. The molecule has 0 spiro atoms. The van der Waals surface area contributed by atoms with Crippen LogP contribution in [-0.4, -0.2) is 167 Å². The van der Waals surface area contributed by atoms with Crippen LogP contribution in [0.3, 0.4) is 0 Å². The lowest BCUT2D eigenvalue weighted by Crippen LogP contribution is -2.51. The van der Waals surface area contributed by atoms with E-state index < -0.39 is 56.4 Å². The summed E-state index contributed by atoms with van der Waals surface area (Å²) in [6.45, 7) is 64.1. The highest BCUT2D eigenvalue weighted by Crippen LogP contribution is 2.52. The fourth-order valence-corrected chi connectivity index (χ4v) is 16.7. The third-order valence-electron chi connectivity index (χ3n) is 27.8. The summed E-state index contributed by atoms with van der Waals surface area (Å²) in [4.78, 5) is 33.8. The molecule has 5 atom stereocenters. The van der Waals surface area contributed by atoms with Crippen LogP contribution in [0, 0.1) is 5.41 Å². The van der Waals surface area contributed by atoms with Crippen molar-refractivity contribution in [2.45, 2.75) is 328 Å². The average Bonchev–Trinajstić information content (AvgIpc) is 1.62. The lowest BCUT2D eigenvalue weighted by molar-refractivity contribution is -0.124. The number of ketones is 2. The van der Waals surface area contributed by atoms with Crippen LogP contribution < -0.4 is 5.73 Å². The molecule has 8 aromatic rings. The predicted octanol–water partition coefficient (Wildman–Crippen LogP) is 24.5. The van der Waals surface area contributed by atoms with Gasteiger partial charge in [0.2, 0.25) is 0 Å². The quantitative estimate of drug-likeness (QED) is 0.0274. The molecule has 1 aliphatic heterocycles. The molecule has 8 aromatic carbocycles. The molecular weight excluding hydrogens is 1650 g/mol. The molecule has 4 aliphatic rings. The Morgan fingerprint density at radius 3 is 0.789 bits per heavy atom. The monoisotopic (exact) mass is 1820 g/mol. The predicted molar refractivity (Wildman–Crippen MR) is 544 cm³/mol. The van der Waals surface area contributed by atoms with Crippen LogP contribution in [0.2, 0.25) is 79.1 Å². The van der Waals surface area contributed by atoms with Gasteiger partial charge in [-0.15, -0.1) is 0 Å². The maximum absolute atomic E-state index is 12.6. The van der Waals surface area contributed by atoms with Crippen molar-refractivity contribution in [1.29, 1.82) is 0 Å². The highest BCUT2D eigenvalue weighted by Gasteiger charge is 2.53. The number of benzene rings is 8. The molecule has 0 amide bonds. The number of carbonyl (C=O) groups is 2. The minimum Gasteiger partial charge on any atom is -0.415 e. The lowest BCUT2D eigenvalue weighted by atomic mass is 9.96. The van der Waals surface area contributed by atoms with Gasteiger partial charge in [-0.25, -0.2) is 4.39 Å². The molecular formula is C109H168FN5O9Si4. The molecule has 0 radical (unpaired) electrons. The minimum atomic E-state index is -1.92. The lowest BCUT2D eigenvalue weighted by Gasteiger charge is -2.41. The molecule has 1 heterocycles. The fourth-order valence-electron chi connectivity index (χ4n) is 13.7. The molecule has 0 aromatic heterocycles. The molecule has 0 bridgehead atoms. The summed E-state index contributed by atoms with van der Waals surface area (Å²) in [6.07, 6.45) is 6.83. The number of ether oxygens (including phenoxy) is 1. The van der Waals surface area contributed by atoms with Gasteiger partial charge in [-0.2, -0.15) is 0 Å². The Bertz CT molecular complexity index is 4060. The zero-order valence-electron chi connectivity index (χ0n) is 83.3. The van der Waals surface area contributed by atoms with Gasteiger partial charge >= 0.3 is 0 Å². The topological polar surface area (TPSA) is 171 Å². The number of alkyl halides is 1. The maximum Gasteiger partial charge on any atom is 0.192 e. The van der Waals surface area contributed by atoms with Crippen molar-refractivity contribution < 1.29 is 47.3 Å². The SMILES string of the molecule is C1CCOC1.CC(=O)[C@H](CO)N(Cc1ccccc1)Cc1ccccc1.CC(=O)[C@H](CO[Si](C)(C)C(C)(C)C)N(Cc1ccccc1)Cc1ccccc1.CC(C)(C)[Si](C)(C)C.CC(C)(C)[Si](C)(C)OC[C@H](N(Cc1ccccc1)Cc1ccccc1)C1(O)CC1.CC1([C@H](CO[Si](C)(C)C(C)(C)C)N(Cc2ccccc2)Cc2ccccc2)CC1.NC[C@@H](F)C1(O)CC1. The zero-order valence-corrected chi connectivity index (χ0v) is 87.3. The van der Waals surface area contributed by atoms with Gasteiger partial charge < -0.3 is 39.1 Å². The number of aliphatic hydroxyl groups is 3. The Hall–Kier alpha value is -6.58. The zero-order chi connectivity index (χ0) is 94.8. The number of nitrogens with two attached hydrogens (primary N) is 1. The van der Waals surface area contributed by atoms with Crippen LogP contribution in [0.1, 0.15) is 200 Å². The van der Waals surface area contributed by atoms with Crippen LogP contribution in [-0.2, 0) is 80.0 Å². The summed E-state index contributed by atoms with van der Waals surface area (Å²) >= 11 is 0. The van der Waals surface area contributed by atoms with E-state index in [4.69, 9.17) is 28.9 Å². The number of carbonyl (C=O) groups excluding carboxylic acids is 2. The summed E-state index contributed by atoms with van der Waals surface area (Å²) < 4.78 is 37.1. The van der Waals surface area contributed by atoms with Crippen LogP contribution in [0.25, 0.3) is 0 Å². The van der Waals surface area contributed by atoms with Crippen molar-refractivity contribution in [2.24, 2.45) is 11.1 Å². The van der Waals surface area contributed by atoms with Crippen LogP contribution in [0.15, 0.2) is 243 Å². The molecule has 14 nitrogen and oxygen atoms in total. The van der Waals surface area contributed by atoms with Gasteiger partial charge in [0.25, 0.3) is 0 Å². The summed E-state index contributed by atoms with van der Waals surface area (Å²) in [7, 11) is -6.44. The standard InChI is InChI=1S/C26H39NOSi.C25H37NO2Si.C24H35NO2Si.C18H21NO2.C7H18Si.C5H10FNO.C4H8O/c1-25(2,3)29(5,6)28-21-24(26(4)17-18-26)27(19-22-13-9-7-10-14-22)20-23-15-11-8-12-16-23;1-24(2,3)29(4,5)28-20-23(25(27)16-17-25)26(18-21-12-8-6-9-13-21)19-22-14-10-7-11-15-22;1-20(26)23(19-27-28(5,6)24(2,3)4)25(17-21-13-9-7-10-14-21)18-22-15-11-8-12-16-22;1-15(21)18(14-20)19(12-16-8-4-2-5-9-16)13-17-10-6-3-7-11-17;1-7(2,3)8(4,5)6;6-4(3-7)5(8)1-2-5;1-2-4-5-3-1/h7-16,24H,17-21H2,1-6H3;6-15,23,27H,16-20H2,1-5H3;7-16,23H,17-19H2,1-6H3;2-11,18,20H,12-14H2,1H3;1-6H3;4,8H,1-3,7H2;1-4H2/t24-;2*23-;18-;;4-;/m0000.1./s1. The molecule has 4 fully saturated rings. The Balaban J connectivity index is 0.000000245. The first kappa shape index (κ1) is 110. The second kappa shape index (κ2) is 51.0. The Kier molecular flexibility index (Phi) is 43.9. The molecule has 3 saturated carbocycles. The van der Waals surface area contributed by atoms with Crippen LogP contribution in [0.5, 0.6) is 0 Å². The van der Waals surface area contributed by atoms with Crippen molar-refractivity contribution in [3.8, 4) is 0 Å². The molecule has 128 heavy (non-hydrogen) atoms. The average molecular weight is 1820 g/mol. The number of rotatable bonds is 36. The largest absolute Gasteiger partial charge is 0.415 e. The third-order valence-corrected chi connectivity index (χ3v) is 45.8. The number of hydrogen-bond acceptors (Lipinski definition) is 14. The minimum absolute atomic E-state index is 0.00274. The van der Waals surface area contributed by atoms with Crippen molar-refractivity contribution >= 4 is 44.6 Å². The fraction of sp³-hybridized carbons (Fsp3) is 0.541. The molecule has 19 heteroatoms. The van der Waals surface area contributed by atoms with E-state index in [1.165, 1.54) is 66.0 Å². The molecule has 12 rings (SSSR count). The molecule has 706 valence electrons.